The van der Waals surface area contributed by atoms with Gasteiger partial charge < -0.3 is 0 Å². The van der Waals surface area contributed by atoms with Crippen molar-refractivity contribution in [3.8, 4) is 0 Å². The first-order valence-corrected chi connectivity index (χ1v) is 11.7. The van der Waals surface area contributed by atoms with E-state index in [1.54, 1.807) is 13.8 Å². The van der Waals surface area contributed by atoms with Crippen LogP contribution in [0.5, 0.6) is 0 Å². The highest BCUT2D eigenvalue weighted by atomic mass is 35.7. The van der Waals surface area contributed by atoms with Crippen LogP contribution in [0.15, 0.2) is 25.3 Å². The van der Waals surface area contributed by atoms with Gasteiger partial charge >= 0.3 is 0 Å². The van der Waals surface area contributed by atoms with Gasteiger partial charge in [0.1, 0.15) is 5.25 Å². The molecule has 0 saturated carbocycles. The van der Waals surface area contributed by atoms with Gasteiger partial charge in [0.05, 0.1) is 5.25 Å². The molecule has 0 fully saturated rings. The van der Waals surface area contributed by atoms with Crippen LogP contribution in [0.2, 0.25) is 0 Å². The highest BCUT2D eigenvalue weighted by Gasteiger charge is 2.38. The van der Waals surface area contributed by atoms with Gasteiger partial charge in [-0.2, -0.15) is 0 Å². The van der Waals surface area contributed by atoms with Gasteiger partial charge in [-0.3, -0.25) is 0 Å². The molecule has 8 heteroatoms. The molecule has 0 aliphatic carbocycles. The Morgan fingerprint density at radius 1 is 0.773 bits per heavy atom. The normalized spacial score (nSPS) is 21.2. The number of rotatable bonds is 9. The molecule has 0 aliphatic heterocycles. The van der Waals surface area contributed by atoms with Crippen molar-refractivity contribution >= 4 is 39.5 Å². The van der Waals surface area contributed by atoms with Crippen molar-refractivity contribution in [3.63, 3.8) is 0 Å². The van der Waals surface area contributed by atoms with Crippen molar-refractivity contribution in [1.29, 1.82) is 0 Å². The van der Waals surface area contributed by atoms with E-state index in [1.165, 1.54) is 12.2 Å². The molecule has 4 nitrogen and oxygen atoms in total. The lowest BCUT2D eigenvalue weighted by Crippen LogP contribution is -2.36. The Morgan fingerprint density at radius 2 is 1.23 bits per heavy atom. The third-order valence-corrected chi connectivity index (χ3v) is 8.59. The van der Waals surface area contributed by atoms with Crippen molar-refractivity contribution in [1.82, 2.24) is 0 Å². The van der Waals surface area contributed by atoms with Crippen molar-refractivity contribution in [2.75, 3.05) is 0 Å². The standard InChI is InChI=1S/C14H24Cl2O4S2/c1-7-13(14(8-2)22(16,19)20)11(5)9(3)10(4)12(6)21(15,17)18/h7-14H,1-2H2,3-6H3/t9-,10-,11+,12+,13-,14?/m0/s1. The number of halogens is 2. The summed E-state index contributed by atoms with van der Waals surface area (Å²) in [5.41, 5.74) is 0. The molecular weight excluding hydrogens is 367 g/mol. The Hall–Kier alpha value is -0.0400. The summed E-state index contributed by atoms with van der Waals surface area (Å²) in [7, 11) is 3.37. The molecule has 0 heterocycles. The summed E-state index contributed by atoms with van der Waals surface area (Å²) >= 11 is 0. The first kappa shape index (κ1) is 22.0. The van der Waals surface area contributed by atoms with Gasteiger partial charge in [-0.1, -0.05) is 32.9 Å². The minimum absolute atomic E-state index is 0.118. The lowest BCUT2D eigenvalue weighted by molar-refractivity contribution is 0.228. The fourth-order valence-corrected chi connectivity index (χ4v) is 5.41. The predicted molar refractivity (Wildman–Crippen MR) is 94.2 cm³/mol. The predicted octanol–water partition coefficient (Wildman–Crippen LogP) is 3.78. The van der Waals surface area contributed by atoms with Gasteiger partial charge in [0.25, 0.3) is 0 Å². The Bertz CT molecular complexity index is 598. The van der Waals surface area contributed by atoms with Crippen LogP contribution >= 0.6 is 21.4 Å². The summed E-state index contributed by atoms with van der Waals surface area (Å²) in [6.07, 6.45) is 2.81. The molecular formula is C14H24Cl2O4S2. The highest BCUT2D eigenvalue weighted by Crippen LogP contribution is 2.36. The van der Waals surface area contributed by atoms with E-state index >= 15 is 0 Å². The molecule has 0 aromatic rings. The molecule has 0 aromatic carbocycles. The molecule has 0 radical (unpaired) electrons. The summed E-state index contributed by atoms with van der Waals surface area (Å²) in [4.78, 5) is 0. The van der Waals surface area contributed by atoms with E-state index in [0.29, 0.717) is 0 Å². The van der Waals surface area contributed by atoms with Crippen LogP contribution < -0.4 is 0 Å². The average Bonchev–Trinajstić information content (AvgIpc) is 2.38. The first-order valence-electron chi connectivity index (χ1n) is 6.91. The molecule has 1 unspecified atom stereocenters. The number of allylic oxidation sites excluding steroid dienone is 1. The van der Waals surface area contributed by atoms with E-state index in [2.05, 4.69) is 13.2 Å². The van der Waals surface area contributed by atoms with Crippen LogP contribution in [0, 0.1) is 23.7 Å². The molecule has 0 N–H and O–H groups in total. The maximum absolute atomic E-state index is 11.7. The van der Waals surface area contributed by atoms with Crippen LogP contribution in [0.1, 0.15) is 27.7 Å². The van der Waals surface area contributed by atoms with E-state index in [0.717, 1.165) is 0 Å². The maximum atomic E-state index is 11.7. The minimum Gasteiger partial charge on any atom is -0.212 e. The molecule has 130 valence electrons. The van der Waals surface area contributed by atoms with Crippen LogP contribution in [-0.2, 0) is 18.1 Å². The Morgan fingerprint density at radius 3 is 1.50 bits per heavy atom. The van der Waals surface area contributed by atoms with Gasteiger partial charge in [-0.05, 0) is 24.7 Å². The minimum atomic E-state index is -3.84. The van der Waals surface area contributed by atoms with E-state index in [1.807, 2.05) is 13.8 Å². The van der Waals surface area contributed by atoms with E-state index in [9.17, 15) is 16.8 Å². The zero-order valence-electron chi connectivity index (χ0n) is 13.2. The van der Waals surface area contributed by atoms with Gasteiger partial charge in [-0.15, -0.1) is 13.2 Å². The topological polar surface area (TPSA) is 68.3 Å². The summed E-state index contributed by atoms with van der Waals surface area (Å²) in [5, 5.41) is -1.72. The van der Waals surface area contributed by atoms with Crippen LogP contribution in [0.3, 0.4) is 0 Å². The van der Waals surface area contributed by atoms with E-state index < -0.39 is 34.5 Å². The smallest absolute Gasteiger partial charge is 0.212 e. The third kappa shape index (κ3) is 5.55. The second-order valence-corrected chi connectivity index (χ2v) is 11.5. The summed E-state index contributed by atoms with van der Waals surface area (Å²) < 4.78 is 46.4. The number of hydrogen-bond acceptors (Lipinski definition) is 4. The number of hydrogen-bond donors (Lipinski definition) is 0. The molecule has 0 aromatic heterocycles. The summed E-state index contributed by atoms with van der Waals surface area (Å²) in [5.74, 6) is -1.02. The van der Waals surface area contributed by atoms with Crippen LogP contribution in [-0.4, -0.2) is 27.3 Å². The lowest BCUT2D eigenvalue weighted by Gasteiger charge is -2.34. The molecule has 0 saturated heterocycles. The van der Waals surface area contributed by atoms with Crippen molar-refractivity contribution in [2.24, 2.45) is 23.7 Å². The molecule has 0 spiro atoms. The second-order valence-electron chi connectivity index (χ2n) is 5.75. The quantitative estimate of drug-likeness (QED) is 0.443. The second kappa shape index (κ2) is 8.18. The Labute approximate surface area is 143 Å². The largest absolute Gasteiger partial charge is 0.239 e. The molecule has 0 bridgehead atoms. The van der Waals surface area contributed by atoms with Gasteiger partial charge in [0, 0.05) is 27.3 Å². The highest BCUT2D eigenvalue weighted by molar-refractivity contribution is 8.14. The average molecular weight is 391 g/mol. The molecule has 6 atom stereocenters. The van der Waals surface area contributed by atoms with Crippen molar-refractivity contribution < 1.29 is 16.8 Å². The fraction of sp³-hybridized carbons (Fsp3) is 0.714. The molecule has 0 rings (SSSR count). The Balaban J connectivity index is 5.48. The van der Waals surface area contributed by atoms with Crippen molar-refractivity contribution in [3.05, 3.63) is 25.3 Å². The first-order chi connectivity index (χ1) is 9.78. The molecule has 22 heavy (non-hydrogen) atoms. The fourth-order valence-electron chi connectivity index (χ4n) is 2.62. The zero-order valence-corrected chi connectivity index (χ0v) is 16.4. The van der Waals surface area contributed by atoms with Crippen molar-refractivity contribution in [2.45, 2.75) is 38.2 Å². The summed E-state index contributed by atoms with van der Waals surface area (Å²) in [6, 6.07) is 0. The van der Waals surface area contributed by atoms with Gasteiger partial charge in [-0.25, -0.2) is 16.8 Å². The van der Waals surface area contributed by atoms with Crippen LogP contribution in [0.4, 0.5) is 0 Å². The molecule has 0 aliphatic rings. The van der Waals surface area contributed by atoms with E-state index in [4.69, 9.17) is 21.4 Å². The molecule has 0 amide bonds. The summed E-state index contributed by atoms with van der Waals surface area (Å²) in [6.45, 7) is 14.3. The Kier molecular flexibility index (Phi) is 8.16. The monoisotopic (exact) mass is 390 g/mol. The van der Waals surface area contributed by atoms with Gasteiger partial charge in [0.2, 0.25) is 18.1 Å². The van der Waals surface area contributed by atoms with E-state index in [-0.39, 0.29) is 17.8 Å². The van der Waals surface area contributed by atoms with Crippen LogP contribution in [0.25, 0.3) is 0 Å². The zero-order chi connectivity index (χ0) is 17.9. The third-order valence-electron chi connectivity index (χ3n) is 4.66. The maximum Gasteiger partial charge on any atom is 0.239 e. The lowest BCUT2D eigenvalue weighted by atomic mass is 9.75. The van der Waals surface area contributed by atoms with Gasteiger partial charge in [0.15, 0.2) is 0 Å². The SMILES string of the molecule is C=CC([C@@H](C=C)[C@H](C)[C@@H](C)[C@H](C)[C@@H](C)S(=O)(=O)Cl)S(=O)(=O)Cl.